The van der Waals surface area contributed by atoms with Crippen molar-refractivity contribution in [2.75, 3.05) is 0 Å². The van der Waals surface area contributed by atoms with Crippen molar-refractivity contribution in [2.24, 2.45) is 0 Å². The third-order valence-electron chi connectivity index (χ3n) is 6.96. The van der Waals surface area contributed by atoms with Crippen LogP contribution in [-0.2, 0) is 0 Å². The lowest BCUT2D eigenvalue weighted by Gasteiger charge is -2.18. The summed E-state index contributed by atoms with van der Waals surface area (Å²) in [6, 6.07) is 30.5. The van der Waals surface area contributed by atoms with E-state index in [1.54, 1.807) is 0 Å². The average molecular weight is 463 g/mol. The Labute approximate surface area is 208 Å². The van der Waals surface area contributed by atoms with Crippen LogP contribution in [0, 0.1) is 0 Å². The predicted octanol–water partition coefficient (Wildman–Crippen LogP) is 8.54. The van der Waals surface area contributed by atoms with Crippen molar-refractivity contribution in [2.45, 2.75) is 51.4 Å². The third kappa shape index (κ3) is 4.77. The standard InChI is InChI=1S/C32H34N2O/c1-21(2)23-9-13-25(14-10-23)31(27-7-5-19-33-27)29-17-18-30(35-29)32(28-8-6-20-34-28)26-15-11-24(12-16-26)22(3)4/h5-22,31-34H,1-4H3. The number of hydrogen-bond acceptors (Lipinski definition) is 1. The van der Waals surface area contributed by atoms with Crippen LogP contribution >= 0.6 is 0 Å². The molecule has 0 aliphatic heterocycles. The molecule has 3 nitrogen and oxygen atoms in total. The topological polar surface area (TPSA) is 44.7 Å². The van der Waals surface area contributed by atoms with Crippen LogP contribution in [-0.4, -0.2) is 9.97 Å². The molecule has 0 aliphatic rings. The van der Waals surface area contributed by atoms with Crippen LogP contribution in [0.5, 0.6) is 0 Å². The second-order valence-electron chi connectivity index (χ2n) is 10.00. The van der Waals surface area contributed by atoms with Gasteiger partial charge in [-0.15, -0.1) is 0 Å². The molecule has 2 atom stereocenters. The van der Waals surface area contributed by atoms with Gasteiger partial charge in [0.05, 0.1) is 11.8 Å². The first-order chi connectivity index (χ1) is 17.0. The van der Waals surface area contributed by atoms with E-state index in [1.165, 1.54) is 22.3 Å². The molecule has 178 valence electrons. The van der Waals surface area contributed by atoms with Gasteiger partial charge in [-0.25, -0.2) is 0 Å². The van der Waals surface area contributed by atoms with Gasteiger partial charge in [-0.1, -0.05) is 76.2 Å². The Kier molecular flexibility index (Phi) is 6.50. The molecule has 5 rings (SSSR count). The van der Waals surface area contributed by atoms with Crippen molar-refractivity contribution in [3.63, 3.8) is 0 Å². The summed E-state index contributed by atoms with van der Waals surface area (Å²) in [6.45, 7) is 8.91. The monoisotopic (exact) mass is 462 g/mol. The number of aromatic amines is 2. The van der Waals surface area contributed by atoms with Crippen molar-refractivity contribution in [3.05, 3.63) is 142 Å². The third-order valence-corrected chi connectivity index (χ3v) is 6.96. The molecule has 3 heteroatoms. The Balaban J connectivity index is 1.55. The molecule has 0 saturated heterocycles. The predicted molar refractivity (Wildman–Crippen MR) is 143 cm³/mol. The lowest BCUT2D eigenvalue weighted by Crippen LogP contribution is -2.05. The van der Waals surface area contributed by atoms with E-state index < -0.39 is 0 Å². The number of benzene rings is 2. The molecule has 3 heterocycles. The summed E-state index contributed by atoms with van der Waals surface area (Å²) in [7, 11) is 0. The highest BCUT2D eigenvalue weighted by Gasteiger charge is 2.26. The smallest absolute Gasteiger partial charge is 0.117 e. The van der Waals surface area contributed by atoms with E-state index >= 15 is 0 Å². The molecular weight excluding hydrogens is 428 g/mol. The highest BCUT2D eigenvalue weighted by Crippen LogP contribution is 2.38. The van der Waals surface area contributed by atoms with Crippen LogP contribution < -0.4 is 0 Å². The summed E-state index contributed by atoms with van der Waals surface area (Å²) in [5, 5.41) is 0. The zero-order valence-corrected chi connectivity index (χ0v) is 21.0. The second kappa shape index (κ2) is 9.87. The maximum absolute atomic E-state index is 6.68. The first-order valence-corrected chi connectivity index (χ1v) is 12.6. The molecule has 5 aromatic rings. The van der Waals surface area contributed by atoms with Gasteiger partial charge in [0.2, 0.25) is 0 Å². The normalized spacial score (nSPS) is 13.4. The molecule has 0 saturated carbocycles. The quantitative estimate of drug-likeness (QED) is 0.238. The largest absolute Gasteiger partial charge is 0.464 e. The molecule has 3 aromatic heterocycles. The SMILES string of the molecule is CC(C)c1ccc(C(c2ccc[nH]2)c2ccc(C(c3ccc(C(C)C)cc3)c3ccc[nH]3)o2)cc1. The average Bonchev–Trinajstić information content (AvgIpc) is 3.65. The zero-order chi connectivity index (χ0) is 24.4. The lowest BCUT2D eigenvalue weighted by atomic mass is 9.91. The number of H-pyrrole nitrogens is 2. The fraction of sp³-hybridized carbons (Fsp3) is 0.250. The maximum atomic E-state index is 6.68. The highest BCUT2D eigenvalue weighted by atomic mass is 16.3. The van der Waals surface area contributed by atoms with Gasteiger partial charge in [0.1, 0.15) is 11.5 Å². The molecule has 0 aliphatic carbocycles. The molecule has 0 amide bonds. The highest BCUT2D eigenvalue weighted by molar-refractivity contribution is 5.42. The summed E-state index contributed by atoms with van der Waals surface area (Å²) in [4.78, 5) is 6.84. The summed E-state index contributed by atoms with van der Waals surface area (Å²) < 4.78 is 6.68. The van der Waals surface area contributed by atoms with Crippen LogP contribution in [0.15, 0.2) is 102 Å². The van der Waals surface area contributed by atoms with E-state index in [0.29, 0.717) is 11.8 Å². The van der Waals surface area contributed by atoms with Gasteiger partial charge in [0.15, 0.2) is 0 Å². The number of aromatic nitrogens is 2. The Morgan fingerprint density at radius 3 is 1.17 bits per heavy atom. The van der Waals surface area contributed by atoms with E-state index in [9.17, 15) is 0 Å². The van der Waals surface area contributed by atoms with Gasteiger partial charge in [-0.05, 0) is 70.5 Å². The first kappa shape index (κ1) is 23.0. The Morgan fingerprint density at radius 1 is 0.486 bits per heavy atom. The van der Waals surface area contributed by atoms with Crippen molar-refractivity contribution in [1.29, 1.82) is 0 Å². The van der Waals surface area contributed by atoms with E-state index in [0.717, 1.165) is 22.9 Å². The molecule has 0 radical (unpaired) electrons. The molecule has 0 fully saturated rings. The molecule has 0 bridgehead atoms. The number of rotatable bonds is 8. The minimum absolute atomic E-state index is 0.00701. The van der Waals surface area contributed by atoms with Gasteiger partial charge in [-0.2, -0.15) is 0 Å². The van der Waals surface area contributed by atoms with Crippen molar-refractivity contribution >= 4 is 0 Å². The van der Waals surface area contributed by atoms with Crippen LogP contribution in [0.4, 0.5) is 0 Å². The van der Waals surface area contributed by atoms with Crippen molar-refractivity contribution in [3.8, 4) is 0 Å². The van der Waals surface area contributed by atoms with E-state index in [1.807, 2.05) is 24.5 Å². The first-order valence-electron chi connectivity index (χ1n) is 12.6. The fourth-order valence-corrected chi connectivity index (χ4v) is 4.87. The summed E-state index contributed by atoms with van der Waals surface area (Å²) in [6.07, 6.45) is 3.96. The van der Waals surface area contributed by atoms with Crippen molar-refractivity contribution in [1.82, 2.24) is 9.97 Å². The summed E-state index contributed by atoms with van der Waals surface area (Å²) >= 11 is 0. The zero-order valence-electron chi connectivity index (χ0n) is 21.0. The molecule has 2 N–H and O–H groups in total. The van der Waals surface area contributed by atoms with Crippen LogP contribution in [0.3, 0.4) is 0 Å². The van der Waals surface area contributed by atoms with Gasteiger partial charge in [-0.3, -0.25) is 0 Å². The number of furan rings is 1. The number of nitrogens with one attached hydrogen (secondary N) is 2. The van der Waals surface area contributed by atoms with Crippen LogP contribution in [0.1, 0.15) is 96.5 Å². The molecule has 35 heavy (non-hydrogen) atoms. The summed E-state index contributed by atoms with van der Waals surface area (Å²) in [5.74, 6) is 2.91. The van der Waals surface area contributed by atoms with E-state index in [4.69, 9.17) is 4.42 Å². The fourth-order valence-electron chi connectivity index (χ4n) is 4.87. The second-order valence-corrected chi connectivity index (χ2v) is 10.00. The Bertz CT molecular complexity index is 1220. The van der Waals surface area contributed by atoms with Crippen LogP contribution in [0.25, 0.3) is 0 Å². The molecule has 2 aromatic carbocycles. The molecule has 0 spiro atoms. The van der Waals surface area contributed by atoms with Crippen molar-refractivity contribution < 1.29 is 4.42 Å². The maximum Gasteiger partial charge on any atom is 0.117 e. The van der Waals surface area contributed by atoms with Gasteiger partial charge >= 0.3 is 0 Å². The summed E-state index contributed by atoms with van der Waals surface area (Å²) in [5.41, 5.74) is 7.37. The lowest BCUT2D eigenvalue weighted by molar-refractivity contribution is 0.452. The van der Waals surface area contributed by atoms with E-state index in [2.05, 4.69) is 110 Å². The Morgan fingerprint density at radius 2 is 0.857 bits per heavy atom. The van der Waals surface area contributed by atoms with E-state index in [-0.39, 0.29) is 11.8 Å². The Hall–Kier alpha value is -3.72. The van der Waals surface area contributed by atoms with Gasteiger partial charge < -0.3 is 14.4 Å². The molecule has 2 unspecified atom stereocenters. The van der Waals surface area contributed by atoms with Gasteiger partial charge in [0.25, 0.3) is 0 Å². The van der Waals surface area contributed by atoms with Crippen LogP contribution in [0.2, 0.25) is 0 Å². The minimum Gasteiger partial charge on any atom is -0.464 e. The minimum atomic E-state index is 0.00701. The molecular formula is C32H34N2O. The number of hydrogen-bond donors (Lipinski definition) is 2. The van der Waals surface area contributed by atoms with Gasteiger partial charge in [0, 0.05) is 23.8 Å².